The molecule has 0 spiro atoms. The Morgan fingerprint density at radius 2 is 1.15 bits per heavy atom. The Kier molecular flexibility index (Phi) is 10.2. The Hall–Kier alpha value is -2.11. The molecule has 150 valence electrons. The van der Waals surface area contributed by atoms with Crippen molar-refractivity contribution in [2.45, 2.75) is 68.7 Å². The third kappa shape index (κ3) is 13.2. The van der Waals surface area contributed by atoms with Gasteiger partial charge in [-0.15, -0.1) is 0 Å². The van der Waals surface area contributed by atoms with E-state index in [9.17, 15) is 14.4 Å². The summed E-state index contributed by atoms with van der Waals surface area (Å²) in [6.45, 7) is 15.5. The minimum Gasteiger partial charge on any atom is -0.481 e. The van der Waals surface area contributed by atoms with Gasteiger partial charge in [0.15, 0.2) is 0 Å². The third-order valence-electron chi connectivity index (χ3n) is 2.86. The number of carbonyl (C=O) groups excluding carboxylic acids is 1. The van der Waals surface area contributed by atoms with E-state index in [1.54, 1.807) is 41.5 Å². The normalized spacial score (nSPS) is 13.5. The van der Waals surface area contributed by atoms with Gasteiger partial charge >= 0.3 is 17.9 Å². The van der Waals surface area contributed by atoms with Gasteiger partial charge in [-0.05, 0) is 68.4 Å². The highest BCUT2D eigenvalue weighted by Crippen LogP contribution is 2.20. The van der Waals surface area contributed by atoms with E-state index < -0.39 is 28.2 Å². The molecule has 1 rings (SSSR count). The van der Waals surface area contributed by atoms with Crippen LogP contribution in [0.3, 0.4) is 0 Å². The van der Waals surface area contributed by atoms with Gasteiger partial charge < -0.3 is 14.9 Å². The van der Waals surface area contributed by atoms with Crippen LogP contribution in [0.5, 0.6) is 0 Å². The number of esters is 1. The van der Waals surface area contributed by atoms with E-state index >= 15 is 0 Å². The molecular formula is C20H34O6. The number of hydrogen-bond acceptors (Lipinski definition) is 4. The van der Waals surface area contributed by atoms with Crippen molar-refractivity contribution in [1.29, 1.82) is 0 Å². The summed E-state index contributed by atoms with van der Waals surface area (Å²) in [5.74, 6) is -0.938. The quantitative estimate of drug-likeness (QED) is 0.651. The first-order chi connectivity index (χ1) is 11.4. The lowest BCUT2D eigenvalue weighted by Gasteiger charge is -2.16. The first-order valence-electron chi connectivity index (χ1n) is 8.43. The van der Waals surface area contributed by atoms with E-state index in [-0.39, 0.29) is 5.97 Å². The topological polar surface area (TPSA) is 101 Å². The summed E-state index contributed by atoms with van der Waals surface area (Å²) >= 11 is 0. The highest BCUT2D eigenvalue weighted by atomic mass is 16.5. The molecule has 6 heteroatoms. The molecule has 26 heavy (non-hydrogen) atoms. The fraction of sp³-hybridized carbons (Fsp3) is 0.650. The standard InChI is InChI=1S/C10H14O2.2C5H10O2/c1-10(2,3)9(11)12-8-6-4-5-7-8;2*1-5(2,3)4(6)7/h4-6H,7H2,1-3H3;2*1-3H3,(H,6,7). The second-order valence-corrected chi connectivity index (χ2v) is 9.02. The maximum Gasteiger partial charge on any atom is 0.316 e. The van der Waals surface area contributed by atoms with Gasteiger partial charge in [-0.2, -0.15) is 0 Å². The molecule has 0 saturated heterocycles. The fourth-order valence-corrected chi connectivity index (χ4v) is 0.775. The fourth-order valence-electron chi connectivity index (χ4n) is 0.775. The summed E-state index contributed by atoms with van der Waals surface area (Å²) in [4.78, 5) is 31.4. The lowest BCUT2D eigenvalue weighted by Crippen LogP contribution is -2.22. The number of carboxylic acid groups (broad SMARTS) is 2. The lowest BCUT2D eigenvalue weighted by molar-refractivity contribution is -0.148. The van der Waals surface area contributed by atoms with Gasteiger partial charge in [0.05, 0.1) is 16.2 Å². The molecule has 0 bridgehead atoms. The van der Waals surface area contributed by atoms with E-state index in [0.29, 0.717) is 0 Å². The summed E-state index contributed by atoms with van der Waals surface area (Å²) in [6, 6.07) is 0. The molecule has 2 N–H and O–H groups in total. The van der Waals surface area contributed by atoms with Gasteiger partial charge in [-0.25, -0.2) is 0 Å². The predicted molar refractivity (Wildman–Crippen MR) is 102 cm³/mol. The van der Waals surface area contributed by atoms with Crippen molar-refractivity contribution < 1.29 is 29.3 Å². The molecule has 0 radical (unpaired) electrons. The zero-order valence-corrected chi connectivity index (χ0v) is 17.5. The molecular weight excluding hydrogens is 336 g/mol. The van der Waals surface area contributed by atoms with Gasteiger partial charge in [-0.3, -0.25) is 14.4 Å². The molecule has 0 aromatic carbocycles. The van der Waals surface area contributed by atoms with E-state index in [2.05, 4.69) is 0 Å². The van der Waals surface area contributed by atoms with E-state index in [4.69, 9.17) is 14.9 Å². The molecule has 1 aliphatic rings. The molecule has 1 aliphatic carbocycles. The van der Waals surface area contributed by atoms with Gasteiger partial charge in [-0.1, -0.05) is 12.2 Å². The lowest BCUT2D eigenvalue weighted by atomic mass is 9.97. The molecule has 0 heterocycles. The molecule has 0 aliphatic heterocycles. The van der Waals surface area contributed by atoms with Crippen LogP contribution in [0.15, 0.2) is 24.0 Å². The molecule has 0 amide bonds. The molecule has 0 aromatic heterocycles. The van der Waals surface area contributed by atoms with Gasteiger partial charge in [0.1, 0.15) is 5.76 Å². The number of rotatable bonds is 1. The zero-order chi connectivity index (χ0) is 21.3. The van der Waals surface area contributed by atoms with Crippen LogP contribution < -0.4 is 0 Å². The Bertz CT molecular complexity index is 524. The molecule has 0 saturated carbocycles. The SMILES string of the molecule is CC(C)(C)C(=O)O.CC(C)(C)C(=O)O.CC(C)(C)C(=O)OC1=CC=CC1. The molecule has 0 atom stereocenters. The largest absolute Gasteiger partial charge is 0.481 e. The minimum absolute atomic E-state index is 0.169. The van der Waals surface area contributed by atoms with Crippen LogP contribution in [0.4, 0.5) is 0 Å². The van der Waals surface area contributed by atoms with Gasteiger partial charge in [0.25, 0.3) is 0 Å². The minimum atomic E-state index is -0.757. The molecule has 0 fully saturated rings. The van der Waals surface area contributed by atoms with Crippen molar-refractivity contribution in [3.8, 4) is 0 Å². The van der Waals surface area contributed by atoms with Crippen molar-refractivity contribution in [3.63, 3.8) is 0 Å². The number of ether oxygens (including phenoxy) is 1. The van der Waals surface area contributed by atoms with E-state index in [1.807, 2.05) is 39.0 Å². The van der Waals surface area contributed by atoms with Crippen LogP contribution in [0.2, 0.25) is 0 Å². The van der Waals surface area contributed by atoms with E-state index in [0.717, 1.165) is 12.2 Å². The summed E-state index contributed by atoms with van der Waals surface area (Å²) in [5, 5.41) is 16.5. The first-order valence-corrected chi connectivity index (χ1v) is 8.43. The van der Waals surface area contributed by atoms with Crippen LogP contribution >= 0.6 is 0 Å². The number of carboxylic acids is 2. The Morgan fingerprint density at radius 1 is 0.808 bits per heavy atom. The first kappa shape index (κ1) is 26.1. The Labute approximate surface area is 156 Å². The second-order valence-electron chi connectivity index (χ2n) is 9.02. The number of hydrogen-bond donors (Lipinski definition) is 2. The average molecular weight is 370 g/mol. The zero-order valence-electron chi connectivity index (χ0n) is 17.5. The van der Waals surface area contributed by atoms with Crippen molar-refractivity contribution >= 4 is 17.9 Å². The number of carbonyl (C=O) groups is 3. The molecule has 0 aromatic rings. The highest BCUT2D eigenvalue weighted by Gasteiger charge is 2.24. The van der Waals surface area contributed by atoms with Gasteiger partial charge in [0, 0.05) is 6.42 Å². The van der Waals surface area contributed by atoms with E-state index in [1.165, 1.54) is 0 Å². The smallest absolute Gasteiger partial charge is 0.316 e. The summed E-state index contributed by atoms with van der Waals surface area (Å²) < 4.78 is 5.14. The van der Waals surface area contributed by atoms with Crippen molar-refractivity contribution in [3.05, 3.63) is 24.0 Å². The Balaban J connectivity index is 0. The summed E-state index contributed by atoms with van der Waals surface area (Å²) in [5.41, 5.74) is -1.58. The molecule has 0 unspecified atom stereocenters. The monoisotopic (exact) mass is 370 g/mol. The second kappa shape index (κ2) is 10.1. The Morgan fingerprint density at radius 3 is 1.35 bits per heavy atom. The van der Waals surface area contributed by atoms with Crippen molar-refractivity contribution in [2.75, 3.05) is 0 Å². The van der Waals surface area contributed by atoms with Crippen LogP contribution in [-0.4, -0.2) is 28.1 Å². The van der Waals surface area contributed by atoms with Crippen LogP contribution in [-0.2, 0) is 19.1 Å². The van der Waals surface area contributed by atoms with Crippen molar-refractivity contribution in [1.82, 2.24) is 0 Å². The van der Waals surface area contributed by atoms with Crippen LogP contribution in [0, 0.1) is 16.2 Å². The number of aliphatic carboxylic acids is 2. The van der Waals surface area contributed by atoms with Gasteiger partial charge in [0.2, 0.25) is 0 Å². The maximum absolute atomic E-state index is 11.3. The maximum atomic E-state index is 11.3. The number of allylic oxidation sites excluding steroid dienone is 3. The predicted octanol–water partition coefficient (Wildman–Crippen LogP) is 4.65. The van der Waals surface area contributed by atoms with Crippen molar-refractivity contribution in [2.24, 2.45) is 16.2 Å². The third-order valence-corrected chi connectivity index (χ3v) is 2.86. The molecule has 6 nitrogen and oxygen atoms in total. The van der Waals surface area contributed by atoms with Crippen LogP contribution in [0.1, 0.15) is 68.7 Å². The highest BCUT2D eigenvalue weighted by molar-refractivity contribution is 5.76. The summed E-state index contributed by atoms with van der Waals surface area (Å²) in [6.07, 6.45) is 6.42. The summed E-state index contributed by atoms with van der Waals surface area (Å²) in [7, 11) is 0. The van der Waals surface area contributed by atoms with Crippen LogP contribution in [0.25, 0.3) is 0 Å². The average Bonchev–Trinajstić information content (AvgIpc) is 2.89.